The zero-order valence-corrected chi connectivity index (χ0v) is 8.03. The van der Waals surface area contributed by atoms with Gasteiger partial charge in [0.1, 0.15) is 11.7 Å². The Morgan fingerprint density at radius 2 is 2.29 bits per heavy atom. The molecule has 1 atom stereocenters. The van der Waals surface area contributed by atoms with Gasteiger partial charge in [-0.05, 0) is 11.6 Å². The zero-order valence-electron chi connectivity index (χ0n) is 7.27. The van der Waals surface area contributed by atoms with Gasteiger partial charge < -0.3 is 5.73 Å². The minimum Gasteiger partial charge on any atom is -0.384 e. The van der Waals surface area contributed by atoms with E-state index in [-0.39, 0.29) is 11.8 Å². The summed E-state index contributed by atoms with van der Waals surface area (Å²) in [6, 6.07) is 0. The number of nitrogens with two attached hydrogens (primary N) is 1. The quantitative estimate of drug-likeness (QED) is 0.644. The van der Waals surface area contributed by atoms with Crippen molar-refractivity contribution in [2.24, 2.45) is 21.6 Å². The van der Waals surface area contributed by atoms with Gasteiger partial charge in [0, 0.05) is 12.0 Å². The Balaban J connectivity index is 2.41. The lowest BCUT2D eigenvalue weighted by Gasteiger charge is -2.20. The van der Waals surface area contributed by atoms with Gasteiger partial charge in [0.2, 0.25) is 0 Å². The molecule has 5 heteroatoms. The molecule has 0 bridgehead atoms. The van der Waals surface area contributed by atoms with Crippen molar-refractivity contribution in [3.63, 3.8) is 0 Å². The van der Waals surface area contributed by atoms with E-state index in [1.807, 2.05) is 6.08 Å². The van der Waals surface area contributed by atoms with Crippen LogP contribution in [0.25, 0.3) is 0 Å². The first-order chi connectivity index (χ1) is 6.70. The van der Waals surface area contributed by atoms with Gasteiger partial charge in [-0.2, -0.15) is 4.99 Å². The van der Waals surface area contributed by atoms with E-state index in [9.17, 15) is 4.79 Å². The molecule has 2 aliphatic rings. The number of alkyl halides is 1. The van der Waals surface area contributed by atoms with Crippen molar-refractivity contribution in [3.05, 3.63) is 23.8 Å². The molecule has 4 nitrogen and oxygen atoms in total. The minimum absolute atomic E-state index is 0.0856. The first-order valence-electron chi connectivity index (χ1n) is 4.12. The molecule has 0 aromatic carbocycles. The summed E-state index contributed by atoms with van der Waals surface area (Å²) in [4.78, 5) is 18.9. The highest BCUT2D eigenvalue weighted by Gasteiger charge is 2.25. The number of amides is 1. The molecule has 0 aromatic heterocycles. The highest BCUT2D eigenvalue weighted by molar-refractivity contribution is 6.21. The van der Waals surface area contributed by atoms with Gasteiger partial charge in [-0.3, -0.25) is 4.79 Å². The van der Waals surface area contributed by atoms with Gasteiger partial charge in [0.25, 0.3) is 5.91 Å². The third-order valence-electron chi connectivity index (χ3n) is 2.07. The molecule has 0 spiro atoms. The Kier molecular flexibility index (Phi) is 2.21. The minimum atomic E-state index is -0.321. The van der Waals surface area contributed by atoms with E-state index in [1.54, 1.807) is 6.08 Å². The Bertz CT molecular complexity index is 406. The van der Waals surface area contributed by atoms with Gasteiger partial charge in [-0.15, -0.1) is 11.6 Å². The number of nitrogens with zero attached hydrogens (tertiary/aromatic N) is 2. The van der Waals surface area contributed by atoms with Crippen LogP contribution in [-0.2, 0) is 4.79 Å². The van der Waals surface area contributed by atoms with Gasteiger partial charge in [0.15, 0.2) is 0 Å². The predicted octanol–water partition coefficient (Wildman–Crippen LogP) is 0.634. The van der Waals surface area contributed by atoms with Crippen molar-refractivity contribution in [1.82, 2.24) is 0 Å². The summed E-state index contributed by atoms with van der Waals surface area (Å²) in [6.07, 6.45) is 4.99. The second-order valence-corrected chi connectivity index (χ2v) is 3.30. The van der Waals surface area contributed by atoms with E-state index < -0.39 is 0 Å². The first-order valence-corrected chi connectivity index (χ1v) is 4.65. The van der Waals surface area contributed by atoms with E-state index in [0.29, 0.717) is 17.6 Å². The van der Waals surface area contributed by atoms with E-state index in [2.05, 4.69) is 9.98 Å². The molecule has 0 aromatic rings. The van der Waals surface area contributed by atoms with E-state index in [4.69, 9.17) is 17.3 Å². The molecule has 72 valence electrons. The summed E-state index contributed by atoms with van der Waals surface area (Å²) >= 11 is 5.71. The third-order valence-corrected chi connectivity index (χ3v) is 2.38. The molecule has 0 saturated heterocycles. The topological polar surface area (TPSA) is 67.8 Å². The number of dihydropyridines is 2. The summed E-state index contributed by atoms with van der Waals surface area (Å²) in [6.45, 7) is 0. The number of carbonyl (C=O) groups is 1. The molecule has 2 rings (SSSR count). The normalized spacial score (nSPS) is 25.1. The predicted molar refractivity (Wildman–Crippen MR) is 55.5 cm³/mol. The smallest absolute Gasteiger partial charge is 0.271 e. The molecule has 14 heavy (non-hydrogen) atoms. The molecular formula is C9H8ClN3O. The van der Waals surface area contributed by atoms with E-state index in [0.717, 1.165) is 5.57 Å². The number of hydrogen-bond donors (Lipinski definition) is 1. The molecule has 2 aliphatic heterocycles. The number of fused-ring (bicyclic) bond motifs is 1. The average molecular weight is 210 g/mol. The lowest BCUT2D eigenvalue weighted by atomic mass is 9.94. The maximum absolute atomic E-state index is 11.1. The van der Waals surface area contributed by atoms with Crippen molar-refractivity contribution >= 4 is 29.2 Å². The van der Waals surface area contributed by atoms with Crippen LogP contribution in [0, 0.1) is 5.92 Å². The fourth-order valence-electron chi connectivity index (χ4n) is 1.42. The van der Waals surface area contributed by atoms with Gasteiger partial charge in [-0.25, -0.2) is 4.99 Å². The molecule has 1 amide bonds. The Morgan fingerprint density at radius 1 is 1.50 bits per heavy atom. The number of hydrogen-bond acceptors (Lipinski definition) is 3. The van der Waals surface area contributed by atoms with E-state index in [1.165, 1.54) is 6.08 Å². The summed E-state index contributed by atoms with van der Waals surface area (Å²) in [5, 5.41) is 0. The second kappa shape index (κ2) is 3.38. The van der Waals surface area contributed by atoms with Crippen molar-refractivity contribution in [3.8, 4) is 0 Å². The average Bonchev–Trinajstić information content (AvgIpc) is 2.15. The number of rotatable bonds is 1. The zero-order chi connectivity index (χ0) is 10.1. The lowest BCUT2D eigenvalue weighted by Crippen LogP contribution is -2.27. The van der Waals surface area contributed by atoms with Crippen LogP contribution in [-0.4, -0.2) is 23.5 Å². The molecule has 2 N–H and O–H groups in total. The molecule has 0 fully saturated rings. The molecule has 0 radical (unpaired) electrons. The first kappa shape index (κ1) is 9.15. The number of halogens is 1. The van der Waals surface area contributed by atoms with Gasteiger partial charge >= 0.3 is 0 Å². The van der Waals surface area contributed by atoms with Crippen LogP contribution in [0.3, 0.4) is 0 Å². The van der Waals surface area contributed by atoms with Crippen LogP contribution < -0.4 is 5.73 Å². The van der Waals surface area contributed by atoms with Gasteiger partial charge in [-0.1, -0.05) is 6.08 Å². The van der Waals surface area contributed by atoms with Crippen LogP contribution in [0.15, 0.2) is 33.8 Å². The van der Waals surface area contributed by atoms with E-state index >= 15 is 0 Å². The van der Waals surface area contributed by atoms with Gasteiger partial charge in [0.05, 0.1) is 5.92 Å². The molecule has 0 saturated carbocycles. The van der Waals surface area contributed by atoms with Crippen molar-refractivity contribution in [2.45, 2.75) is 0 Å². The molecule has 2 heterocycles. The maximum Gasteiger partial charge on any atom is 0.271 e. The molecular weight excluding hydrogens is 202 g/mol. The van der Waals surface area contributed by atoms with Crippen LogP contribution in [0.4, 0.5) is 0 Å². The Morgan fingerprint density at radius 3 is 3.00 bits per heavy atom. The lowest BCUT2D eigenvalue weighted by molar-refractivity contribution is -0.113. The fourth-order valence-corrected chi connectivity index (χ4v) is 1.66. The highest BCUT2D eigenvalue weighted by Crippen LogP contribution is 2.23. The van der Waals surface area contributed by atoms with Crippen LogP contribution in [0.2, 0.25) is 0 Å². The number of aliphatic imine (C=N–C) groups is 2. The summed E-state index contributed by atoms with van der Waals surface area (Å²) in [5.74, 6) is 0.697. The standard InChI is InChI=1S/C9H8ClN3O/c10-4-5-3-8(14)13-9-6(5)1-2-7(11)12-9/h1-3,6H,4H2,(H2,11,12,13,14). The van der Waals surface area contributed by atoms with Crippen LogP contribution in [0.1, 0.15) is 0 Å². The molecule has 1 unspecified atom stereocenters. The summed E-state index contributed by atoms with van der Waals surface area (Å²) < 4.78 is 0. The van der Waals surface area contributed by atoms with Crippen molar-refractivity contribution < 1.29 is 4.79 Å². The second-order valence-electron chi connectivity index (χ2n) is 3.03. The Hall–Kier alpha value is -1.42. The SMILES string of the molecule is NC1=NC2=NC(=O)C=C(CCl)C2C=C1. The fraction of sp³-hybridized carbons (Fsp3) is 0.222. The largest absolute Gasteiger partial charge is 0.384 e. The number of amidine groups is 2. The monoisotopic (exact) mass is 209 g/mol. The summed E-state index contributed by atoms with van der Waals surface area (Å²) in [5.41, 5.74) is 6.31. The van der Waals surface area contributed by atoms with Crippen LogP contribution >= 0.6 is 11.6 Å². The third kappa shape index (κ3) is 1.48. The van der Waals surface area contributed by atoms with Crippen molar-refractivity contribution in [2.75, 3.05) is 5.88 Å². The molecule has 0 aliphatic carbocycles. The Labute approximate surface area is 85.9 Å². The maximum atomic E-state index is 11.1. The van der Waals surface area contributed by atoms with Crippen LogP contribution in [0.5, 0.6) is 0 Å². The van der Waals surface area contributed by atoms with Crippen molar-refractivity contribution in [1.29, 1.82) is 0 Å². The summed E-state index contributed by atoms with van der Waals surface area (Å²) in [7, 11) is 0. The number of carbonyl (C=O) groups excluding carboxylic acids is 1. The highest BCUT2D eigenvalue weighted by atomic mass is 35.5.